The topological polar surface area (TPSA) is 17.8 Å². The van der Waals surface area contributed by atoms with E-state index in [9.17, 15) is 8.78 Å². The minimum atomic E-state index is -2.56. The highest BCUT2D eigenvalue weighted by molar-refractivity contribution is 6.31. The van der Waals surface area contributed by atoms with Crippen LogP contribution in [0.2, 0.25) is 5.02 Å². The first-order valence-electron chi connectivity index (χ1n) is 2.58. The molecule has 1 rings (SSSR count). The first-order chi connectivity index (χ1) is 4.63. The van der Waals surface area contributed by atoms with Crippen molar-refractivity contribution in [3.8, 4) is 0 Å². The number of hydrogen-bond acceptors (Lipinski definition) is 1. The molecule has 0 aromatic carbocycles. The zero-order chi connectivity index (χ0) is 7.72. The molecular formula is C5H5ClF2N2. The smallest absolute Gasteiger partial charge is 0.265 e. The fourth-order valence-corrected chi connectivity index (χ4v) is 0.914. The largest absolute Gasteiger partial charge is 0.281 e. The molecule has 0 atom stereocenters. The second-order valence-electron chi connectivity index (χ2n) is 1.80. The van der Waals surface area contributed by atoms with Gasteiger partial charge in [0.25, 0.3) is 6.43 Å². The van der Waals surface area contributed by atoms with E-state index in [1.165, 1.54) is 13.2 Å². The average Bonchev–Trinajstić information content (AvgIpc) is 2.11. The molecule has 0 radical (unpaired) electrons. The number of aryl methyl sites for hydroxylation is 1. The molecule has 0 bridgehead atoms. The summed E-state index contributed by atoms with van der Waals surface area (Å²) in [7, 11) is 1.42. The van der Waals surface area contributed by atoms with Gasteiger partial charge >= 0.3 is 0 Å². The lowest BCUT2D eigenvalue weighted by atomic mass is 10.4. The monoisotopic (exact) mass is 166 g/mol. The molecule has 1 aromatic heterocycles. The lowest BCUT2D eigenvalue weighted by molar-refractivity contribution is 0.141. The highest BCUT2D eigenvalue weighted by Gasteiger charge is 2.15. The van der Waals surface area contributed by atoms with Gasteiger partial charge in [0.15, 0.2) is 0 Å². The molecule has 0 spiro atoms. The summed E-state index contributed by atoms with van der Waals surface area (Å²) in [6.07, 6.45) is -1.36. The summed E-state index contributed by atoms with van der Waals surface area (Å²) >= 11 is 5.38. The Balaban J connectivity index is 3.10. The summed E-state index contributed by atoms with van der Waals surface area (Å²) < 4.78 is 25.0. The standard InChI is InChI=1S/C5H5ClF2N2/c1-10-4(5(7)8)3(6)2-9-10/h2,5H,1H3. The van der Waals surface area contributed by atoms with E-state index in [4.69, 9.17) is 11.6 Å². The molecule has 0 unspecified atom stereocenters. The van der Waals surface area contributed by atoms with E-state index >= 15 is 0 Å². The van der Waals surface area contributed by atoms with E-state index in [1.54, 1.807) is 0 Å². The number of hydrogen-bond donors (Lipinski definition) is 0. The predicted octanol–water partition coefficient (Wildman–Crippen LogP) is 2.01. The molecule has 0 aliphatic rings. The van der Waals surface area contributed by atoms with Gasteiger partial charge in [-0.15, -0.1) is 0 Å². The minimum Gasteiger partial charge on any atom is -0.265 e. The zero-order valence-electron chi connectivity index (χ0n) is 5.18. The summed E-state index contributed by atoms with van der Waals surface area (Å²) in [6, 6.07) is 0. The fourth-order valence-electron chi connectivity index (χ4n) is 0.666. The Morgan fingerprint density at radius 1 is 1.70 bits per heavy atom. The molecule has 0 N–H and O–H groups in total. The van der Waals surface area contributed by atoms with Gasteiger partial charge in [0.05, 0.1) is 11.2 Å². The molecule has 1 aromatic rings. The Hall–Kier alpha value is -0.640. The number of rotatable bonds is 1. The van der Waals surface area contributed by atoms with Crippen molar-refractivity contribution in [2.24, 2.45) is 7.05 Å². The molecule has 0 amide bonds. The van der Waals surface area contributed by atoms with Crippen LogP contribution in [0.1, 0.15) is 12.1 Å². The third-order valence-electron chi connectivity index (χ3n) is 1.14. The normalized spacial score (nSPS) is 10.9. The van der Waals surface area contributed by atoms with Gasteiger partial charge < -0.3 is 0 Å². The van der Waals surface area contributed by atoms with Gasteiger partial charge in [0, 0.05) is 7.05 Å². The molecule has 10 heavy (non-hydrogen) atoms. The molecule has 0 saturated carbocycles. The maximum Gasteiger partial charge on any atom is 0.281 e. The quantitative estimate of drug-likeness (QED) is 0.624. The van der Waals surface area contributed by atoms with Crippen molar-refractivity contribution < 1.29 is 8.78 Å². The van der Waals surface area contributed by atoms with E-state index in [2.05, 4.69) is 5.10 Å². The SMILES string of the molecule is Cn1ncc(Cl)c1C(F)F. The van der Waals surface area contributed by atoms with Crippen molar-refractivity contribution in [1.29, 1.82) is 0 Å². The number of alkyl halides is 2. The molecular weight excluding hydrogens is 162 g/mol. The second-order valence-corrected chi connectivity index (χ2v) is 2.21. The third-order valence-corrected chi connectivity index (χ3v) is 1.44. The zero-order valence-corrected chi connectivity index (χ0v) is 5.94. The Labute approximate surface area is 61.4 Å². The predicted molar refractivity (Wildman–Crippen MR) is 33.2 cm³/mol. The van der Waals surface area contributed by atoms with Crippen LogP contribution in [0.15, 0.2) is 6.20 Å². The second kappa shape index (κ2) is 2.54. The van der Waals surface area contributed by atoms with Crippen molar-refractivity contribution in [2.75, 3.05) is 0 Å². The Morgan fingerprint density at radius 3 is 2.50 bits per heavy atom. The number of nitrogens with zero attached hydrogens (tertiary/aromatic N) is 2. The molecule has 2 nitrogen and oxygen atoms in total. The highest BCUT2D eigenvalue weighted by Crippen LogP contribution is 2.25. The Bertz CT molecular complexity index is 214. The first kappa shape index (κ1) is 7.47. The van der Waals surface area contributed by atoms with Gasteiger partial charge in [-0.3, -0.25) is 4.68 Å². The van der Waals surface area contributed by atoms with Crippen LogP contribution < -0.4 is 0 Å². The van der Waals surface area contributed by atoms with E-state index in [1.807, 2.05) is 0 Å². The van der Waals surface area contributed by atoms with E-state index < -0.39 is 6.43 Å². The van der Waals surface area contributed by atoms with Crippen molar-refractivity contribution >= 4 is 11.6 Å². The van der Waals surface area contributed by atoms with E-state index in [0.717, 1.165) is 4.68 Å². The molecule has 1 heterocycles. The summed E-state index contributed by atoms with van der Waals surface area (Å²) in [5, 5.41) is 3.55. The van der Waals surface area contributed by atoms with Gasteiger partial charge in [-0.05, 0) is 0 Å². The molecule has 5 heteroatoms. The van der Waals surface area contributed by atoms with Crippen LogP contribution in [0.3, 0.4) is 0 Å². The maximum absolute atomic E-state index is 12.0. The molecule has 0 saturated heterocycles. The molecule has 56 valence electrons. The number of aromatic nitrogens is 2. The average molecular weight is 167 g/mol. The van der Waals surface area contributed by atoms with Crippen molar-refractivity contribution in [3.05, 3.63) is 16.9 Å². The van der Waals surface area contributed by atoms with Gasteiger partial charge in [0.2, 0.25) is 0 Å². The highest BCUT2D eigenvalue weighted by atomic mass is 35.5. The van der Waals surface area contributed by atoms with E-state index in [-0.39, 0.29) is 10.7 Å². The lowest BCUT2D eigenvalue weighted by Crippen LogP contribution is -1.98. The Morgan fingerprint density at radius 2 is 2.30 bits per heavy atom. The molecule has 0 aliphatic heterocycles. The Kier molecular flexibility index (Phi) is 1.89. The minimum absolute atomic E-state index is 0.0116. The van der Waals surface area contributed by atoms with Gasteiger partial charge in [-0.1, -0.05) is 11.6 Å². The van der Waals surface area contributed by atoms with Crippen LogP contribution >= 0.6 is 11.6 Å². The summed E-state index contributed by atoms with van der Waals surface area (Å²) in [5.41, 5.74) is -0.235. The van der Waals surface area contributed by atoms with Gasteiger partial charge in [0.1, 0.15) is 5.69 Å². The van der Waals surface area contributed by atoms with Crippen LogP contribution in [0.25, 0.3) is 0 Å². The molecule has 0 fully saturated rings. The van der Waals surface area contributed by atoms with Crippen molar-refractivity contribution in [2.45, 2.75) is 6.43 Å². The van der Waals surface area contributed by atoms with Crippen LogP contribution in [-0.2, 0) is 7.05 Å². The number of halogens is 3. The van der Waals surface area contributed by atoms with Gasteiger partial charge in [-0.25, -0.2) is 8.78 Å². The lowest BCUT2D eigenvalue weighted by Gasteiger charge is -1.98. The van der Waals surface area contributed by atoms with Gasteiger partial charge in [-0.2, -0.15) is 5.10 Å². The van der Waals surface area contributed by atoms with Crippen LogP contribution in [0.5, 0.6) is 0 Å². The van der Waals surface area contributed by atoms with Crippen molar-refractivity contribution in [1.82, 2.24) is 9.78 Å². The first-order valence-corrected chi connectivity index (χ1v) is 2.96. The summed E-state index contributed by atoms with van der Waals surface area (Å²) in [6.45, 7) is 0. The fraction of sp³-hybridized carbons (Fsp3) is 0.400. The summed E-state index contributed by atoms with van der Waals surface area (Å²) in [4.78, 5) is 0. The van der Waals surface area contributed by atoms with Crippen LogP contribution in [0, 0.1) is 0 Å². The maximum atomic E-state index is 12.0. The summed E-state index contributed by atoms with van der Waals surface area (Å²) in [5.74, 6) is 0. The van der Waals surface area contributed by atoms with Crippen LogP contribution in [0.4, 0.5) is 8.78 Å². The van der Waals surface area contributed by atoms with E-state index in [0.29, 0.717) is 0 Å². The molecule has 0 aliphatic carbocycles. The third kappa shape index (κ3) is 1.11. The van der Waals surface area contributed by atoms with Crippen LogP contribution in [-0.4, -0.2) is 9.78 Å². The van der Waals surface area contributed by atoms with Crippen molar-refractivity contribution in [3.63, 3.8) is 0 Å².